The number of anilines is 1. The normalized spacial score (nSPS) is 16.8. The van der Waals surface area contributed by atoms with Gasteiger partial charge in [0.05, 0.1) is 0 Å². The molecule has 0 radical (unpaired) electrons. The van der Waals surface area contributed by atoms with Crippen LogP contribution in [0.3, 0.4) is 0 Å². The molecule has 0 bridgehead atoms. The molecule has 0 atom stereocenters. The van der Waals surface area contributed by atoms with Crippen LogP contribution in [0.1, 0.15) is 25.0 Å². The molecule has 160 valence electrons. The molecule has 30 heavy (non-hydrogen) atoms. The zero-order valence-electron chi connectivity index (χ0n) is 18.3. The van der Waals surface area contributed by atoms with E-state index in [9.17, 15) is 13.2 Å². The van der Waals surface area contributed by atoms with E-state index in [2.05, 4.69) is 19.9 Å². The van der Waals surface area contributed by atoms with Crippen molar-refractivity contribution in [3.63, 3.8) is 0 Å². The van der Waals surface area contributed by atoms with Crippen molar-refractivity contribution in [3.8, 4) is 5.75 Å². The van der Waals surface area contributed by atoms with Crippen LogP contribution in [0.5, 0.6) is 5.75 Å². The summed E-state index contributed by atoms with van der Waals surface area (Å²) in [6.07, 6.45) is 1.59. The Morgan fingerprint density at radius 2 is 1.83 bits per heavy atom. The Balaban J connectivity index is 1.84. The second-order valence-electron chi connectivity index (χ2n) is 8.22. The summed E-state index contributed by atoms with van der Waals surface area (Å²) in [4.78, 5) is 14.8. The van der Waals surface area contributed by atoms with E-state index >= 15 is 0 Å². The number of carbonyl (C=O) groups excluding carboxylic acids is 1. The molecule has 7 heteroatoms. The predicted molar refractivity (Wildman–Crippen MR) is 119 cm³/mol. The molecule has 1 aliphatic rings. The number of rotatable bonds is 6. The third kappa shape index (κ3) is 3.87. The fraction of sp³-hybridized carbons (Fsp3) is 0.348. The largest absolute Gasteiger partial charge is 0.484 e. The monoisotopic (exact) mass is 428 g/mol. The van der Waals surface area contributed by atoms with Crippen molar-refractivity contribution >= 4 is 21.5 Å². The maximum Gasteiger partial charge on any atom is 0.246 e. The summed E-state index contributed by atoms with van der Waals surface area (Å²) in [6, 6.07) is 13.0. The van der Waals surface area contributed by atoms with Gasteiger partial charge in [-0.2, -0.15) is 0 Å². The van der Waals surface area contributed by atoms with E-state index in [1.54, 1.807) is 24.3 Å². The van der Waals surface area contributed by atoms with Gasteiger partial charge in [-0.25, -0.2) is 12.7 Å². The van der Waals surface area contributed by atoms with Crippen LogP contribution in [0.4, 0.5) is 5.69 Å². The Morgan fingerprint density at radius 3 is 2.47 bits per heavy atom. The Morgan fingerprint density at radius 1 is 1.17 bits per heavy atom. The fourth-order valence-corrected chi connectivity index (χ4v) is 4.84. The van der Waals surface area contributed by atoms with Crippen molar-refractivity contribution in [2.45, 2.75) is 31.1 Å². The first kappa shape index (κ1) is 22.1. The number of benzene rings is 2. The van der Waals surface area contributed by atoms with Gasteiger partial charge < -0.3 is 9.64 Å². The Bertz CT molecular complexity index is 1120. The smallest absolute Gasteiger partial charge is 0.246 e. The first-order valence-electron chi connectivity index (χ1n) is 9.70. The van der Waals surface area contributed by atoms with Crippen LogP contribution in [0, 0.1) is 6.92 Å². The molecule has 6 nitrogen and oxygen atoms in total. The summed E-state index contributed by atoms with van der Waals surface area (Å²) in [7, 11) is 1.18. The summed E-state index contributed by atoms with van der Waals surface area (Å²) < 4.78 is 32.0. The topological polar surface area (TPSA) is 66.9 Å². The number of fused-ring (bicyclic) bond motifs is 1. The number of hydrogen-bond donors (Lipinski definition) is 0. The third-order valence-corrected chi connectivity index (χ3v) is 7.30. The van der Waals surface area contributed by atoms with Crippen LogP contribution >= 0.6 is 0 Å². The van der Waals surface area contributed by atoms with Crippen LogP contribution in [-0.2, 0) is 20.2 Å². The number of allylic oxidation sites excluding steroid dienone is 1. The quantitative estimate of drug-likeness (QED) is 0.659. The minimum Gasteiger partial charge on any atom is -0.484 e. The molecule has 0 aromatic heterocycles. The lowest BCUT2D eigenvalue weighted by molar-refractivity contribution is -0.116. The highest BCUT2D eigenvalue weighted by Crippen LogP contribution is 2.46. The molecule has 3 rings (SSSR count). The fourth-order valence-electron chi connectivity index (χ4n) is 3.73. The highest BCUT2D eigenvalue weighted by Gasteiger charge is 2.38. The average Bonchev–Trinajstić information content (AvgIpc) is 2.88. The second-order valence-corrected chi connectivity index (χ2v) is 10.3. The van der Waals surface area contributed by atoms with Crippen LogP contribution < -0.4 is 9.64 Å². The molecule has 1 aliphatic heterocycles. The Hall–Kier alpha value is -2.64. The first-order chi connectivity index (χ1) is 14.0. The maximum absolute atomic E-state index is 12.7. The lowest BCUT2D eigenvalue weighted by atomic mass is 9.83. The number of aryl methyl sites for hydroxylation is 1. The number of hydrogen-bond acceptors (Lipinski definition) is 5. The van der Waals surface area contributed by atoms with E-state index in [0.717, 1.165) is 26.8 Å². The van der Waals surface area contributed by atoms with Crippen molar-refractivity contribution in [3.05, 3.63) is 65.4 Å². The van der Waals surface area contributed by atoms with Crippen molar-refractivity contribution in [2.24, 2.45) is 0 Å². The molecule has 0 saturated heterocycles. The maximum atomic E-state index is 12.7. The molecular weight excluding hydrogens is 400 g/mol. The molecule has 0 saturated carbocycles. The van der Waals surface area contributed by atoms with Gasteiger partial charge in [0, 0.05) is 44.0 Å². The minimum absolute atomic E-state index is 0.0543. The number of carbonyl (C=O) groups is 1. The van der Waals surface area contributed by atoms with Gasteiger partial charge in [-0.05, 0) is 36.2 Å². The van der Waals surface area contributed by atoms with Crippen LogP contribution in [-0.4, -0.2) is 46.3 Å². The van der Waals surface area contributed by atoms with Crippen molar-refractivity contribution in [1.29, 1.82) is 0 Å². The van der Waals surface area contributed by atoms with E-state index < -0.39 is 10.0 Å². The molecule has 0 aliphatic carbocycles. The van der Waals surface area contributed by atoms with E-state index in [0.29, 0.717) is 0 Å². The summed E-state index contributed by atoms with van der Waals surface area (Å²) in [5.74, 6) is -0.0603. The number of likely N-dealkylation sites (N-methyl/N-ethyl adjacent to an activating group) is 1. The zero-order chi connectivity index (χ0) is 22.3. The predicted octanol–water partition coefficient (Wildman–Crippen LogP) is 3.50. The molecule has 2 aromatic rings. The highest BCUT2D eigenvalue weighted by atomic mass is 32.2. The summed E-state index contributed by atoms with van der Waals surface area (Å²) in [5.41, 5.74) is 3.58. The van der Waals surface area contributed by atoms with Crippen LogP contribution in [0.15, 0.2) is 59.1 Å². The van der Waals surface area contributed by atoms with Gasteiger partial charge in [0.25, 0.3) is 0 Å². The van der Waals surface area contributed by atoms with Gasteiger partial charge in [-0.1, -0.05) is 38.1 Å². The number of ketones is 1. The number of sulfonamides is 1. The average molecular weight is 429 g/mol. The Kier molecular flexibility index (Phi) is 5.80. The molecule has 0 spiro atoms. The zero-order valence-corrected chi connectivity index (χ0v) is 19.1. The van der Waals surface area contributed by atoms with Gasteiger partial charge >= 0.3 is 0 Å². The van der Waals surface area contributed by atoms with E-state index in [1.165, 1.54) is 14.1 Å². The SMILES string of the molecule is Cc1ccc(OCC(=O)C=C2N(C)c3ccccc3C2(C)C)c(S(=O)(=O)N(C)C)c1. The minimum atomic E-state index is -3.69. The number of ether oxygens (including phenoxy) is 1. The van der Waals surface area contributed by atoms with E-state index in [-0.39, 0.29) is 28.5 Å². The third-order valence-electron chi connectivity index (χ3n) is 5.47. The van der Waals surface area contributed by atoms with Gasteiger partial charge in [-0.3, -0.25) is 4.79 Å². The first-order valence-corrected chi connectivity index (χ1v) is 11.1. The van der Waals surface area contributed by atoms with Crippen LogP contribution in [0.2, 0.25) is 0 Å². The van der Waals surface area contributed by atoms with Gasteiger partial charge in [0.15, 0.2) is 12.4 Å². The molecule has 0 N–H and O–H groups in total. The molecule has 2 aromatic carbocycles. The van der Waals surface area contributed by atoms with Crippen molar-refractivity contribution in [1.82, 2.24) is 4.31 Å². The summed E-state index contributed by atoms with van der Waals surface area (Å²) in [5, 5.41) is 0. The van der Waals surface area contributed by atoms with Crippen molar-refractivity contribution in [2.75, 3.05) is 32.6 Å². The van der Waals surface area contributed by atoms with E-state index in [4.69, 9.17) is 4.74 Å². The van der Waals surface area contributed by atoms with Crippen molar-refractivity contribution < 1.29 is 17.9 Å². The lowest BCUT2D eigenvalue weighted by Gasteiger charge is -2.24. The van der Waals surface area contributed by atoms with Gasteiger partial charge in [0.2, 0.25) is 10.0 Å². The molecule has 0 amide bonds. The standard InChI is InChI=1S/C23H28N2O4S/c1-16-11-12-20(21(13-16)30(27,28)24(4)5)29-15-17(26)14-22-23(2,3)18-9-7-8-10-19(18)25(22)6/h7-14H,15H2,1-6H3. The molecule has 1 heterocycles. The van der Waals surface area contributed by atoms with Crippen LogP contribution in [0.25, 0.3) is 0 Å². The number of nitrogens with zero attached hydrogens (tertiary/aromatic N) is 2. The van der Waals surface area contributed by atoms with Gasteiger partial charge in [0.1, 0.15) is 10.6 Å². The highest BCUT2D eigenvalue weighted by molar-refractivity contribution is 7.89. The molecule has 0 fully saturated rings. The van der Waals surface area contributed by atoms with E-state index in [1.807, 2.05) is 37.1 Å². The Labute approximate surface area is 178 Å². The second kappa shape index (κ2) is 7.89. The summed E-state index contributed by atoms with van der Waals surface area (Å²) in [6.45, 7) is 5.72. The molecular formula is C23H28N2O4S. The summed E-state index contributed by atoms with van der Waals surface area (Å²) >= 11 is 0. The lowest BCUT2D eigenvalue weighted by Crippen LogP contribution is -2.25. The van der Waals surface area contributed by atoms with Gasteiger partial charge in [-0.15, -0.1) is 0 Å². The number of para-hydroxylation sites is 1. The molecule has 0 unspecified atom stereocenters.